The Morgan fingerprint density at radius 2 is 1.83 bits per heavy atom. The van der Waals surface area contributed by atoms with Crippen molar-refractivity contribution >= 4 is 9.84 Å². The van der Waals surface area contributed by atoms with Crippen LogP contribution in [0.5, 0.6) is 0 Å². The Hall–Kier alpha value is -0.0500. The number of sulfone groups is 1. The SMILES string of the molecule is CCC1(S(=O)(=O)CC(C)C)CC1. The summed E-state index contributed by atoms with van der Waals surface area (Å²) in [6.07, 6.45) is 2.57. The lowest BCUT2D eigenvalue weighted by atomic mass is 10.3. The molecule has 3 heteroatoms. The van der Waals surface area contributed by atoms with E-state index in [1.807, 2.05) is 20.8 Å². The molecule has 0 amide bonds. The lowest BCUT2D eigenvalue weighted by Crippen LogP contribution is -2.27. The van der Waals surface area contributed by atoms with Gasteiger partial charge in [0.2, 0.25) is 0 Å². The molecule has 12 heavy (non-hydrogen) atoms. The van der Waals surface area contributed by atoms with Gasteiger partial charge in [-0.25, -0.2) is 8.42 Å². The molecule has 0 atom stereocenters. The third kappa shape index (κ3) is 1.65. The molecular weight excluding hydrogens is 172 g/mol. The Morgan fingerprint density at radius 1 is 1.33 bits per heavy atom. The van der Waals surface area contributed by atoms with Crippen molar-refractivity contribution in [2.45, 2.75) is 44.8 Å². The van der Waals surface area contributed by atoms with Crippen LogP contribution < -0.4 is 0 Å². The fourth-order valence-electron chi connectivity index (χ4n) is 1.64. The Bertz CT molecular complexity index is 248. The zero-order valence-corrected chi connectivity index (χ0v) is 8.95. The van der Waals surface area contributed by atoms with Crippen molar-refractivity contribution in [3.05, 3.63) is 0 Å². The summed E-state index contributed by atoms with van der Waals surface area (Å²) >= 11 is 0. The quantitative estimate of drug-likeness (QED) is 0.679. The lowest BCUT2D eigenvalue weighted by Gasteiger charge is -2.15. The number of hydrogen-bond donors (Lipinski definition) is 0. The van der Waals surface area contributed by atoms with Gasteiger partial charge in [-0.1, -0.05) is 20.8 Å². The molecule has 1 aliphatic rings. The molecular formula is C9H18O2S. The van der Waals surface area contributed by atoms with Crippen LogP contribution in [0.1, 0.15) is 40.0 Å². The molecule has 0 bridgehead atoms. The first-order valence-corrected chi connectivity index (χ1v) is 6.31. The summed E-state index contributed by atoms with van der Waals surface area (Å²) in [5, 5.41) is 0. The monoisotopic (exact) mass is 190 g/mol. The predicted octanol–water partition coefficient (Wildman–Crippen LogP) is 2.00. The van der Waals surface area contributed by atoms with E-state index in [-0.39, 0.29) is 10.7 Å². The molecule has 0 heterocycles. The first-order chi connectivity index (χ1) is 5.43. The molecule has 1 aliphatic carbocycles. The number of hydrogen-bond acceptors (Lipinski definition) is 2. The highest BCUT2D eigenvalue weighted by Crippen LogP contribution is 2.47. The molecule has 1 saturated carbocycles. The minimum atomic E-state index is -2.80. The second kappa shape index (κ2) is 3.02. The first-order valence-electron chi connectivity index (χ1n) is 4.66. The molecule has 0 radical (unpaired) electrons. The zero-order chi connectivity index (χ0) is 9.41. The van der Waals surface area contributed by atoms with Gasteiger partial charge in [-0.3, -0.25) is 0 Å². The lowest BCUT2D eigenvalue weighted by molar-refractivity contribution is 0.560. The van der Waals surface area contributed by atoms with Crippen molar-refractivity contribution in [3.63, 3.8) is 0 Å². The van der Waals surface area contributed by atoms with E-state index in [1.165, 1.54) is 0 Å². The van der Waals surface area contributed by atoms with E-state index in [2.05, 4.69) is 0 Å². The summed E-state index contributed by atoms with van der Waals surface area (Å²) in [7, 11) is -2.80. The number of rotatable bonds is 4. The normalized spacial score (nSPS) is 21.3. The van der Waals surface area contributed by atoms with Crippen molar-refractivity contribution in [1.82, 2.24) is 0 Å². The molecule has 2 nitrogen and oxygen atoms in total. The fourth-order valence-corrected chi connectivity index (χ4v) is 4.03. The Kier molecular flexibility index (Phi) is 2.52. The van der Waals surface area contributed by atoms with Gasteiger partial charge >= 0.3 is 0 Å². The van der Waals surface area contributed by atoms with Crippen molar-refractivity contribution in [1.29, 1.82) is 0 Å². The van der Waals surface area contributed by atoms with Crippen molar-refractivity contribution in [2.24, 2.45) is 5.92 Å². The minimum Gasteiger partial charge on any atom is -0.228 e. The predicted molar refractivity (Wildman–Crippen MR) is 50.9 cm³/mol. The summed E-state index contributed by atoms with van der Waals surface area (Å²) in [5.41, 5.74) is 0. The van der Waals surface area contributed by atoms with E-state index in [0.717, 1.165) is 19.3 Å². The van der Waals surface area contributed by atoms with Crippen LogP contribution in [0.15, 0.2) is 0 Å². The van der Waals surface area contributed by atoms with E-state index >= 15 is 0 Å². The molecule has 1 fully saturated rings. The highest BCUT2D eigenvalue weighted by molar-refractivity contribution is 7.93. The van der Waals surface area contributed by atoms with Gasteiger partial charge in [0.1, 0.15) is 0 Å². The van der Waals surface area contributed by atoms with Crippen LogP contribution in [-0.4, -0.2) is 18.9 Å². The van der Waals surface area contributed by atoms with Gasteiger partial charge in [0.25, 0.3) is 0 Å². The maximum atomic E-state index is 11.8. The highest BCUT2D eigenvalue weighted by Gasteiger charge is 2.52. The molecule has 0 aromatic carbocycles. The molecule has 0 spiro atoms. The second-order valence-electron chi connectivity index (χ2n) is 4.21. The van der Waals surface area contributed by atoms with Gasteiger partial charge in [-0.15, -0.1) is 0 Å². The van der Waals surface area contributed by atoms with Gasteiger partial charge in [0.05, 0.1) is 10.5 Å². The maximum absolute atomic E-state index is 11.8. The average molecular weight is 190 g/mol. The summed E-state index contributed by atoms with van der Waals surface area (Å²) in [4.78, 5) is 0. The van der Waals surface area contributed by atoms with Crippen molar-refractivity contribution < 1.29 is 8.42 Å². The maximum Gasteiger partial charge on any atom is 0.156 e. The smallest absolute Gasteiger partial charge is 0.156 e. The highest BCUT2D eigenvalue weighted by atomic mass is 32.2. The van der Waals surface area contributed by atoms with Crippen LogP contribution in [0.4, 0.5) is 0 Å². The molecule has 0 aliphatic heterocycles. The summed E-state index contributed by atoms with van der Waals surface area (Å²) in [6, 6.07) is 0. The molecule has 0 aromatic heterocycles. The summed E-state index contributed by atoms with van der Waals surface area (Å²) in [5.74, 6) is 0.625. The molecule has 0 saturated heterocycles. The zero-order valence-electron chi connectivity index (χ0n) is 8.13. The van der Waals surface area contributed by atoms with Crippen LogP contribution in [0.2, 0.25) is 0 Å². The van der Waals surface area contributed by atoms with Crippen LogP contribution in [0.3, 0.4) is 0 Å². The fraction of sp³-hybridized carbons (Fsp3) is 1.00. The van der Waals surface area contributed by atoms with E-state index in [0.29, 0.717) is 5.75 Å². The van der Waals surface area contributed by atoms with Crippen LogP contribution in [0, 0.1) is 5.92 Å². The van der Waals surface area contributed by atoms with Crippen LogP contribution in [0.25, 0.3) is 0 Å². The molecule has 0 aromatic rings. The summed E-state index contributed by atoms with van der Waals surface area (Å²) in [6.45, 7) is 5.90. The Labute approximate surface area is 75.3 Å². The van der Waals surface area contributed by atoms with Gasteiger partial charge in [-0.2, -0.15) is 0 Å². The van der Waals surface area contributed by atoms with E-state index in [4.69, 9.17) is 0 Å². The summed E-state index contributed by atoms with van der Waals surface area (Å²) < 4.78 is 23.2. The topological polar surface area (TPSA) is 34.1 Å². The van der Waals surface area contributed by atoms with Gasteiger partial charge < -0.3 is 0 Å². The third-order valence-corrected chi connectivity index (χ3v) is 5.79. The third-order valence-electron chi connectivity index (χ3n) is 2.66. The van der Waals surface area contributed by atoms with Gasteiger partial charge in [0, 0.05) is 0 Å². The molecule has 1 rings (SSSR count). The average Bonchev–Trinajstić information content (AvgIpc) is 2.62. The largest absolute Gasteiger partial charge is 0.228 e. The Balaban J connectivity index is 2.73. The molecule has 72 valence electrons. The van der Waals surface area contributed by atoms with Crippen molar-refractivity contribution in [2.75, 3.05) is 5.75 Å². The molecule has 0 unspecified atom stereocenters. The Morgan fingerprint density at radius 3 is 2.08 bits per heavy atom. The standard InChI is InChI=1S/C9H18O2S/c1-4-9(5-6-9)12(10,11)7-8(2)3/h8H,4-7H2,1-3H3. The molecule has 0 N–H and O–H groups in total. The van der Waals surface area contributed by atoms with Gasteiger partial charge in [-0.05, 0) is 25.2 Å². The minimum absolute atomic E-state index is 0.263. The van der Waals surface area contributed by atoms with E-state index < -0.39 is 9.84 Å². The van der Waals surface area contributed by atoms with Gasteiger partial charge in [0.15, 0.2) is 9.84 Å². The van der Waals surface area contributed by atoms with Crippen molar-refractivity contribution in [3.8, 4) is 0 Å². The van der Waals surface area contributed by atoms with Crippen LogP contribution >= 0.6 is 0 Å². The van der Waals surface area contributed by atoms with Crippen LogP contribution in [-0.2, 0) is 9.84 Å². The van der Waals surface area contributed by atoms with E-state index in [1.54, 1.807) is 0 Å². The second-order valence-corrected chi connectivity index (χ2v) is 6.64. The first kappa shape index (κ1) is 10.0. The van der Waals surface area contributed by atoms with E-state index in [9.17, 15) is 8.42 Å².